The molecule has 0 aromatic heterocycles. The Morgan fingerprint density at radius 2 is 1.61 bits per heavy atom. The lowest BCUT2D eigenvalue weighted by molar-refractivity contribution is -0.163. The molecule has 4 rings (SSSR count). The number of likely N-dealkylation sites (tertiary alicyclic amines) is 1. The highest BCUT2D eigenvalue weighted by Gasteiger charge is 2.46. The third-order valence-electron chi connectivity index (χ3n) is 6.98. The third-order valence-corrected chi connectivity index (χ3v) is 8.03. The molecule has 2 aliphatic rings. The van der Waals surface area contributed by atoms with E-state index in [1.165, 1.54) is 11.0 Å². The Morgan fingerprint density at radius 1 is 0.951 bits per heavy atom. The van der Waals surface area contributed by atoms with Gasteiger partial charge in [-0.3, -0.25) is 9.59 Å². The summed E-state index contributed by atoms with van der Waals surface area (Å²) in [5.74, 6) is -2.33. The number of anilines is 1. The van der Waals surface area contributed by atoms with Crippen LogP contribution in [0.3, 0.4) is 0 Å². The first-order chi connectivity index (χ1) is 19.3. The average molecular weight is 603 g/mol. The van der Waals surface area contributed by atoms with E-state index in [0.717, 1.165) is 37.1 Å². The number of halogens is 6. The lowest BCUT2D eigenvalue weighted by Gasteiger charge is -2.29. The Morgan fingerprint density at radius 3 is 2.22 bits per heavy atom. The van der Waals surface area contributed by atoms with Gasteiger partial charge in [0.25, 0.3) is 0 Å². The van der Waals surface area contributed by atoms with Gasteiger partial charge in [-0.15, -0.1) is 0 Å². The molecule has 0 saturated carbocycles. The molecule has 2 aromatic carbocycles. The molecule has 2 heterocycles. The topological polar surface area (TPSA) is 78.9 Å². The van der Waals surface area contributed by atoms with Crippen molar-refractivity contribution in [2.24, 2.45) is 5.92 Å². The van der Waals surface area contributed by atoms with Crippen molar-refractivity contribution in [1.82, 2.24) is 4.90 Å². The Hall–Kier alpha value is -3.19. The van der Waals surface area contributed by atoms with Gasteiger partial charge in [-0.2, -0.15) is 26.3 Å². The molecule has 0 spiro atoms. The fourth-order valence-corrected chi connectivity index (χ4v) is 5.92. The van der Waals surface area contributed by atoms with Crippen LogP contribution in [-0.4, -0.2) is 54.2 Å². The van der Waals surface area contributed by atoms with Crippen molar-refractivity contribution in [3.8, 4) is 0 Å². The number of amides is 1. The van der Waals surface area contributed by atoms with Crippen molar-refractivity contribution in [1.29, 1.82) is 0 Å². The van der Waals surface area contributed by atoms with Crippen LogP contribution in [0.2, 0.25) is 0 Å². The number of rotatable bonds is 7. The van der Waals surface area contributed by atoms with Crippen LogP contribution in [0.4, 0.5) is 32.0 Å². The minimum Gasteiger partial charge on any atom is -0.481 e. The van der Waals surface area contributed by atoms with Crippen molar-refractivity contribution >= 4 is 35.4 Å². The maximum atomic E-state index is 14.2. The predicted molar refractivity (Wildman–Crippen MR) is 140 cm³/mol. The van der Waals surface area contributed by atoms with E-state index in [0.29, 0.717) is 35.6 Å². The maximum absolute atomic E-state index is 14.2. The number of piperidine rings is 1. The molecule has 0 bridgehead atoms. The van der Waals surface area contributed by atoms with E-state index in [9.17, 15) is 35.9 Å². The van der Waals surface area contributed by atoms with Gasteiger partial charge in [0.2, 0.25) is 5.91 Å². The summed E-state index contributed by atoms with van der Waals surface area (Å²) >= 11 is 0.574. The zero-order valence-corrected chi connectivity index (χ0v) is 22.5. The molecule has 13 heteroatoms. The summed E-state index contributed by atoms with van der Waals surface area (Å²) in [5, 5.41) is 12.4. The van der Waals surface area contributed by atoms with Gasteiger partial charge in [0.05, 0.1) is 17.0 Å². The van der Waals surface area contributed by atoms with Crippen molar-refractivity contribution < 1.29 is 45.8 Å². The van der Waals surface area contributed by atoms with Gasteiger partial charge >= 0.3 is 18.3 Å². The number of nitrogens with zero attached hydrogens (tertiary/aromatic N) is 1. The number of carbonyl (C=O) groups excluding carboxylic acids is 1. The zero-order valence-electron chi connectivity index (χ0n) is 21.7. The number of carboxylic acid groups (broad SMARTS) is 1. The smallest absolute Gasteiger partial charge is 0.418 e. The number of carboxylic acids is 1. The average Bonchev–Trinajstić information content (AvgIpc) is 2.91. The van der Waals surface area contributed by atoms with Crippen molar-refractivity contribution in [2.45, 2.75) is 53.9 Å². The summed E-state index contributed by atoms with van der Waals surface area (Å²) in [4.78, 5) is 24.6. The van der Waals surface area contributed by atoms with E-state index >= 15 is 0 Å². The monoisotopic (exact) mass is 602 g/mol. The molecule has 2 aliphatic heterocycles. The number of carbonyl (C=O) groups is 2. The van der Waals surface area contributed by atoms with Crippen LogP contribution in [0, 0.1) is 5.92 Å². The van der Waals surface area contributed by atoms with Gasteiger partial charge in [-0.05, 0) is 61.6 Å². The predicted octanol–water partition coefficient (Wildman–Crippen LogP) is 6.80. The second-order valence-electron chi connectivity index (χ2n) is 9.83. The highest BCUT2D eigenvalue weighted by atomic mass is 32.2. The number of alkyl halides is 6. The van der Waals surface area contributed by atoms with Crippen molar-refractivity contribution in [2.75, 3.05) is 31.6 Å². The molecule has 41 heavy (non-hydrogen) atoms. The van der Waals surface area contributed by atoms with Crippen LogP contribution < -0.4 is 5.32 Å². The number of ether oxygens (including phenoxy) is 1. The highest BCUT2D eigenvalue weighted by Crippen LogP contribution is 2.48. The second kappa shape index (κ2) is 12.8. The second-order valence-corrected chi connectivity index (χ2v) is 10.9. The molecule has 0 aliphatic carbocycles. The molecule has 2 fully saturated rings. The summed E-state index contributed by atoms with van der Waals surface area (Å²) in [5.41, 5.74) is -3.86. The van der Waals surface area contributed by atoms with Crippen LogP contribution in [0.5, 0.6) is 0 Å². The van der Waals surface area contributed by atoms with Crippen LogP contribution in [0.15, 0.2) is 52.3 Å². The Bertz CT molecular complexity index is 1280. The number of hydrogen-bond acceptors (Lipinski definition) is 5. The van der Waals surface area contributed by atoms with Crippen LogP contribution in [0.25, 0.3) is 6.08 Å². The van der Waals surface area contributed by atoms with Crippen LogP contribution in [0.1, 0.15) is 42.4 Å². The minimum absolute atomic E-state index is 0.0814. The first kappa shape index (κ1) is 30.8. The Balaban J connectivity index is 1.61. The largest absolute Gasteiger partial charge is 0.481 e. The summed E-state index contributed by atoms with van der Waals surface area (Å²) in [6.45, 7) is 1.32. The van der Waals surface area contributed by atoms with Gasteiger partial charge in [-0.25, -0.2) is 0 Å². The van der Waals surface area contributed by atoms with E-state index in [1.807, 2.05) is 0 Å². The van der Waals surface area contributed by atoms with Crippen LogP contribution in [-0.2, 0) is 26.7 Å². The molecule has 1 amide bonds. The third kappa shape index (κ3) is 7.97. The van der Waals surface area contributed by atoms with E-state index in [1.54, 1.807) is 18.2 Å². The summed E-state index contributed by atoms with van der Waals surface area (Å²) in [7, 11) is 0. The first-order valence-corrected chi connectivity index (χ1v) is 13.8. The first-order valence-electron chi connectivity index (χ1n) is 13.0. The van der Waals surface area contributed by atoms with Crippen molar-refractivity contribution in [3.63, 3.8) is 0 Å². The molecule has 2 N–H and O–H groups in total. The molecule has 2 aromatic rings. The van der Waals surface area contributed by atoms with E-state index in [4.69, 9.17) is 9.84 Å². The maximum Gasteiger partial charge on any atom is 0.418 e. The number of benzene rings is 2. The quantitative estimate of drug-likeness (QED) is 0.268. The van der Waals surface area contributed by atoms with Crippen molar-refractivity contribution in [3.05, 3.63) is 59.2 Å². The molecule has 2 saturated heterocycles. The molecular formula is C28H28F6N2O4S. The Labute approximate surface area is 236 Å². The van der Waals surface area contributed by atoms with E-state index < -0.39 is 51.7 Å². The lowest BCUT2D eigenvalue weighted by Crippen LogP contribution is -2.39. The molecule has 222 valence electrons. The standard InChI is InChI=1S/C28H28F6N2O4S/c29-27(30,31)24-17(5-7-23(37)36-12-8-18(9-13-36)26(38)39)4-6-22(25(24)28(32,33)34)41-21-3-1-2-20(16-21)35-19-10-14-40-15-11-19/h1-7,16,18-19,35H,8-15H2,(H,38,39). The number of hydrogen-bond donors (Lipinski definition) is 2. The van der Waals surface area contributed by atoms with E-state index in [2.05, 4.69) is 5.32 Å². The Kier molecular flexibility index (Phi) is 9.58. The van der Waals surface area contributed by atoms with Gasteiger partial charge in [-0.1, -0.05) is 23.9 Å². The van der Waals surface area contributed by atoms with E-state index in [-0.39, 0.29) is 32.0 Å². The normalized spacial score (nSPS) is 17.7. The minimum atomic E-state index is -5.36. The van der Waals surface area contributed by atoms with Gasteiger partial charge in [0.1, 0.15) is 0 Å². The van der Waals surface area contributed by atoms with Gasteiger partial charge < -0.3 is 20.1 Å². The van der Waals surface area contributed by atoms with Crippen LogP contribution >= 0.6 is 11.8 Å². The number of nitrogens with one attached hydrogen (secondary N) is 1. The fraction of sp³-hybridized carbons (Fsp3) is 0.429. The molecule has 0 atom stereocenters. The lowest BCUT2D eigenvalue weighted by atomic mass is 9.97. The summed E-state index contributed by atoms with van der Waals surface area (Å²) in [6, 6.07) is 8.48. The SMILES string of the molecule is O=C(O)C1CCN(C(=O)C=Cc2ccc(Sc3cccc(NC4CCOCC4)c3)c(C(F)(F)F)c2C(F)(F)F)CC1. The molecule has 6 nitrogen and oxygen atoms in total. The zero-order chi connectivity index (χ0) is 29.8. The molecule has 0 radical (unpaired) electrons. The molecule has 0 unspecified atom stereocenters. The van der Waals surface area contributed by atoms with Gasteiger partial charge in [0, 0.05) is 53.9 Å². The fourth-order valence-electron chi connectivity index (χ4n) is 4.88. The summed E-state index contributed by atoms with van der Waals surface area (Å²) < 4.78 is 90.5. The van der Waals surface area contributed by atoms with Gasteiger partial charge in [0.15, 0.2) is 0 Å². The summed E-state index contributed by atoms with van der Waals surface area (Å²) in [6.07, 6.45) is -7.31. The highest BCUT2D eigenvalue weighted by molar-refractivity contribution is 7.99. The number of aliphatic carboxylic acids is 1. The molecular weight excluding hydrogens is 574 g/mol.